The summed E-state index contributed by atoms with van der Waals surface area (Å²) in [4.78, 5) is 15.1. The first-order chi connectivity index (χ1) is 17.0. The van der Waals surface area contributed by atoms with Crippen molar-refractivity contribution in [3.05, 3.63) is 107 Å². The molecule has 2 N–H and O–H groups in total. The number of hydrogen-bond acceptors (Lipinski definition) is 4. The van der Waals surface area contributed by atoms with Gasteiger partial charge in [0.15, 0.2) is 0 Å². The zero-order chi connectivity index (χ0) is 24.4. The summed E-state index contributed by atoms with van der Waals surface area (Å²) in [5.41, 5.74) is 4.15. The summed E-state index contributed by atoms with van der Waals surface area (Å²) in [6, 6.07) is 23.2. The Bertz CT molecular complexity index is 1660. The summed E-state index contributed by atoms with van der Waals surface area (Å²) in [7, 11) is -2.84. The third-order valence-corrected chi connectivity index (χ3v) is 7.23. The summed E-state index contributed by atoms with van der Waals surface area (Å²) in [5.74, 6) is 5.16. The average Bonchev–Trinajstić information content (AvgIpc) is 3.55. The first kappa shape index (κ1) is 22.5. The Morgan fingerprint density at radius 1 is 0.943 bits per heavy atom. The van der Waals surface area contributed by atoms with Gasteiger partial charge in [0.1, 0.15) is 5.00 Å². The number of fused-ring (bicyclic) bond motifs is 1. The van der Waals surface area contributed by atoms with Crippen LogP contribution in [0.25, 0.3) is 22.0 Å². The monoisotopic (exact) mass is 498 g/mol. The van der Waals surface area contributed by atoms with Gasteiger partial charge >= 0.3 is 5.97 Å². The van der Waals surface area contributed by atoms with Gasteiger partial charge in [-0.15, -0.1) is 11.3 Å². The number of carboxylic acids is 1. The van der Waals surface area contributed by atoms with E-state index in [-0.39, 0.29) is 5.56 Å². The van der Waals surface area contributed by atoms with Crippen LogP contribution in [-0.4, -0.2) is 24.5 Å². The second-order valence-electron chi connectivity index (χ2n) is 7.61. The van der Waals surface area contributed by atoms with Crippen molar-refractivity contribution < 1.29 is 18.3 Å². The molecule has 0 aliphatic heterocycles. The van der Waals surface area contributed by atoms with Gasteiger partial charge in [-0.2, -0.15) is 0 Å². The molecule has 0 atom stereocenters. The van der Waals surface area contributed by atoms with Gasteiger partial charge < -0.3 is 10.1 Å². The number of rotatable bonds is 5. The van der Waals surface area contributed by atoms with Gasteiger partial charge in [-0.1, -0.05) is 30.0 Å². The van der Waals surface area contributed by atoms with Crippen LogP contribution in [0.3, 0.4) is 0 Å². The third-order valence-electron chi connectivity index (χ3n) is 5.47. The largest absolute Gasteiger partial charge is 0.478 e. The molecule has 5 aromatic rings. The Balaban J connectivity index is 1.53. The van der Waals surface area contributed by atoms with Crippen LogP contribution in [0, 0.1) is 11.8 Å². The van der Waals surface area contributed by atoms with E-state index in [1.807, 2.05) is 35.8 Å². The maximum Gasteiger partial charge on any atom is 0.336 e. The van der Waals surface area contributed by atoms with E-state index in [0.29, 0.717) is 27.4 Å². The van der Waals surface area contributed by atoms with Gasteiger partial charge in [-0.3, -0.25) is 0 Å². The molecule has 0 aliphatic rings. The number of anilines is 2. The molecule has 0 saturated heterocycles. The van der Waals surface area contributed by atoms with E-state index >= 15 is 0 Å². The Morgan fingerprint density at radius 3 is 2.49 bits per heavy atom. The highest BCUT2D eigenvalue weighted by molar-refractivity contribution is 7.74. The molecule has 0 aliphatic carbocycles. The lowest BCUT2D eigenvalue weighted by Gasteiger charge is -2.15. The number of hydrogen-bond donors (Lipinski definition) is 3. The molecule has 5 rings (SSSR count). The number of aromatic amines is 1. The predicted octanol–water partition coefficient (Wildman–Crippen LogP) is 5.66. The molecule has 0 bridgehead atoms. The first-order valence-corrected chi connectivity index (χ1v) is 12.6. The van der Waals surface area contributed by atoms with Crippen LogP contribution in [0.4, 0.5) is 10.7 Å². The van der Waals surface area contributed by atoms with Crippen LogP contribution in [0.15, 0.2) is 90.4 Å². The highest BCUT2D eigenvalue weighted by Crippen LogP contribution is 2.31. The number of nitrogens with one attached hydrogen (secondary N) is 1. The van der Waals surface area contributed by atoms with E-state index in [2.05, 4.69) is 16.8 Å². The molecule has 0 unspecified atom stereocenters. The van der Waals surface area contributed by atoms with Gasteiger partial charge in [-0.05, 0) is 77.0 Å². The standard InChI is InChI=1S/C27H18N2O4S2/c30-27(31)23-4-1-3-20(26(23)21-11-10-19-14-15-28-24(19)17-21)9-6-18-7-12-22(13-8-18)29(35(32)33)25-5-2-16-34-25/h1-5,7-8,10-17,28,35H,(H,30,31). The Morgan fingerprint density at radius 2 is 1.77 bits per heavy atom. The molecule has 0 fully saturated rings. The van der Waals surface area contributed by atoms with Gasteiger partial charge in [0.2, 0.25) is 10.9 Å². The minimum Gasteiger partial charge on any atom is -0.478 e. The van der Waals surface area contributed by atoms with Crippen molar-refractivity contribution in [3.8, 4) is 23.0 Å². The smallest absolute Gasteiger partial charge is 0.336 e. The Kier molecular flexibility index (Phi) is 6.10. The van der Waals surface area contributed by atoms with Crippen molar-refractivity contribution in [2.45, 2.75) is 0 Å². The van der Waals surface area contributed by atoms with Crippen LogP contribution in [0.5, 0.6) is 0 Å². The number of aromatic nitrogens is 1. The van der Waals surface area contributed by atoms with Crippen molar-refractivity contribution >= 4 is 49.8 Å². The van der Waals surface area contributed by atoms with Crippen molar-refractivity contribution in [3.63, 3.8) is 0 Å². The molecule has 6 nitrogen and oxygen atoms in total. The van der Waals surface area contributed by atoms with Crippen molar-refractivity contribution in [2.75, 3.05) is 4.31 Å². The second-order valence-corrected chi connectivity index (χ2v) is 9.41. The summed E-state index contributed by atoms with van der Waals surface area (Å²) in [6.07, 6.45) is 1.84. The number of thiol groups is 1. The molecular formula is C27H18N2O4S2. The number of carboxylic acid groups (broad SMARTS) is 1. The van der Waals surface area contributed by atoms with E-state index in [0.717, 1.165) is 16.5 Å². The van der Waals surface area contributed by atoms with E-state index in [1.165, 1.54) is 15.6 Å². The summed E-state index contributed by atoms with van der Waals surface area (Å²) < 4.78 is 24.9. The molecular weight excluding hydrogens is 480 g/mol. The fourth-order valence-corrected chi connectivity index (χ4v) is 5.42. The number of H-pyrrole nitrogens is 1. The quantitative estimate of drug-likeness (QED) is 0.215. The Labute approximate surface area is 207 Å². The topological polar surface area (TPSA) is 90.5 Å². The summed E-state index contributed by atoms with van der Waals surface area (Å²) >= 11 is 1.33. The van der Waals surface area contributed by atoms with Crippen molar-refractivity contribution in [1.29, 1.82) is 0 Å². The van der Waals surface area contributed by atoms with E-state index < -0.39 is 16.9 Å². The second kappa shape index (κ2) is 9.50. The fraction of sp³-hybridized carbons (Fsp3) is 0. The number of nitrogens with zero attached hydrogens (tertiary/aromatic N) is 1. The lowest BCUT2D eigenvalue weighted by molar-refractivity contribution is 0.0697. The Hall–Kier alpha value is -4.32. The van der Waals surface area contributed by atoms with Crippen LogP contribution in [0.2, 0.25) is 0 Å². The zero-order valence-corrected chi connectivity index (χ0v) is 19.8. The molecule has 172 valence electrons. The zero-order valence-electron chi connectivity index (χ0n) is 18.1. The van der Waals surface area contributed by atoms with Crippen LogP contribution >= 0.6 is 11.3 Å². The average molecular weight is 499 g/mol. The molecule has 2 aromatic heterocycles. The first-order valence-electron chi connectivity index (χ1n) is 10.5. The molecule has 0 amide bonds. The molecule has 0 saturated carbocycles. The fourth-order valence-electron chi connectivity index (χ4n) is 3.87. The molecule has 2 heterocycles. The van der Waals surface area contributed by atoms with Crippen molar-refractivity contribution in [2.24, 2.45) is 0 Å². The number of benzene rings is 3. The van der Waals surface area contributed by atoms with Gasteiger partial charge in [0, 0.05) is 28.4 Å². The lowest BCUT2D eigenvalue weighted by atomic mass is 9.93. The molecule has 0 spiro atoms. The minimum atomic E-state index is -2.84. The van der Waals surface area contributed by atoms with Gasteiger partial charge in [0.25, 0.3) is 0 Å². The van der Waals surface area contributed by atoms with Gasteiger partial charge in [0.05, 0.1) is 11.3 Å². The normalized spacial score (nSPS) is 10.8. The van der Waals surface area contributed by atoms with Crippen LogP contribution in [-0.2, 0) is 10.9 Å². The maximum atomic E-state index is 12.0. The number of aromatic carboxylic acids is 1. The highest BCUT2D eigenvalue weighted by Gasteiger charge is 2.16. The highest BCUT2D eigenvalue weighted by atomic mass is 32.2. The SMILES string of the molecule is O=C(O)c1cccc(C#Cc2ccc(N(c3cccs3)[SH](=O)=O)cc2)c1-c1ccc2cc[nH]c2c1. The van der Waals surface area contributed by atoms with Crippen molar-refractivity contribution in [1.82, 2.24) is 4.98 Å². The molecule has 3 aromatic carbocycles. The number of carbonyl (C=O) groups is 1. The lowest BCUT2D eigenvalue weighted by Crippen LogP contribution is -2.12. The minimum absolute atomic E-state index is 0.170. The predicted molar refractivity (Wildman–Crippen MR) is 140 cm³/mol. The van der Waals surface area contributed by atoms with Crippen LogP contribution in [0.1, 0.15) is 21.5 Å². The molecule has 35 heavy (non-hydrogen) atoms. The third kappa shape index (κ3) is 4.55. The van der Waals surface area contributed by atoms with E-state index in [4.69, 9.17) is 0 Å². The summed E-state index contributed by atoms with van der Waals surface area (Å²) in [6.45, 7) is 0. The summed E-state index contributed by atoms with van der Waals surface area (Å²) in [5, 5.41) is 13.3. The van der Waals surface area contributed by atoms with Crippen LogP contribution < -0.4 is 4.31 Å². The van der Waals surface area contributed by atoms with Gasteiger partial charge in [-0.25, -0.2) is 17.5 Å². The molecule has 8 heteroatoms. The maximum absolute atomic E-state index is 12.0. The van der Waals surface area contributed by atoms with E-state index in [9.17, 15) is 18.3 Å². The van der Waals surface area contributed by atoms with E-state index in [1.54, 1.807) is 54.6 Å². The number of thiophene rings is 1. The molecule has 0 radical (unpaired) electrons.